The highest BCUT2D eigenvalue weighted by molar-refractivity contribution is 5.82. The van der Waals surface area contributed by atoms with E-state index in [0.717, 1.165) is 31.4 Å². The van der Waals surface area contributed by atoms with E-state index in [9.17, 15) is 23.1 Å². The monoisotopic (exact) mass is 286 g/mol. The van der Waals surface area contributed by atoms with Crippen molar-refractivity contribution in [3.05, 3.63) is 34.9 Å². The topological polar surface area (TPSA) is 37.3 Å². The molecule has 1 aliphatic rings. The quantitative estimate of drug-likeness (QED) is 0.880. The van der Waals surface area contributed by atoms with Gasteiger partial charge in [0.05, 0.1) is 11.0 Å². The molecule has 0 spiro atoms. The zero-order valence-electron chi connectivity index (χ0n) is 11.3. The Labute approximate surface area is 115 Å². The van der Waals surface area contributed by atoms with E-state index in [1.54, 1.807) is 6.92 Å². The molecule has 0 aliphatic heterocycles. The highest BCUT2D eigenvalue weighted by atomic mass is 19.4. The maximum Gasteiger partial charge on any atom is 0.416 e. The number of rotatable bonds is 2. The molecule has 2 nitrogen and oxygen atoms in total. The minimum Gasteiger partial charge on any atom is -0.481 e. The molecule has 1 aromatic carbocycles. The van der Waals surface area contributed by atoms with Crippen molar-refractivity contribution >= 4 is 5.97 Å². The number of halogens is 3. The Bertz CT molecular complexity index is 514. The normalized spacial score (nSPS) is 18.8. The molecule has 0 aromatic heterocycles. The molecule has 1 N–H and O–H groups in total. The molecular weight excluding hydrogens is 269 g/mol. The summed E-state index contributed by atoms with van der Waals surface area (Å²) in [4.78, 5) is 11.7. The standard InChI is InChI=1S/C15H17F3O2/c1-10-9-11(15(16,17)18)5-6-12(10)14(13(19)20)7-3-2-4-8-14/h5-6,9H,2-4,7-8H2,1H3,(H,19,20). The summed E-state index contributed by atoms with van der Waals surface area (Å²) < 4.78 is 38.0. The predicted molar refractivity (Wildman–Crippen MR) is 68.6 cm³/mol. The third-order valence-corrected chi connectivity index (χ3v) is 4.19. The second kappa shape index (κ2) is 5.11. The van der Waals surface area contributed by atoms with Crippen molar-refractivity contribution in [2.24, 2.45) is 0 Å². The number of hydrogen-bond donors (Lipinski definition) is 1. The fraction of sp³-hybridized carbons (Fsp3) is 0.533. The average molecular weight is 286 g/mol. The maximum absolute atomic E-state index is 12.7. The Morgan fingerprint density at radius 2 is 1.80 bits per heavy atom. The van der Waals surface area contributed by atoms with E-state index in [4.69, 9.17) is 0 Å². The molecule has 110 valence electrons. The summed E-state index contributed by atoms with van der Waals surface area (Å²) >= 11 is 0. The molecule has 0 heterocycles. The molecule has 2 rings (SSSR count). The molecule has 0 bridgehead atoms. The van der Waals surface area contributed by atoms with Gasteiger partial charge in [0.1, 0.15) is 0 Å². The van der Waals surface area contributed by atoms with Crippen LogP contribution in [0.5, 0.6) is 0 Å². The van der Waals surface area contributed by atoms with Crippen molar-refractivity contribution < 1.29 is 23.1 Å². The number of benzene rings is 1. The number of hydrogen-bond acceptors (Lipinski definition) is 1. The summed E-state index contributed by atoms with van der Waals surface area (Å²) in [5.74, 6) is -0.931. The lowest BCUT2D eigenvalue weighted by Gasteiger charge is -2.35. The van der Waals surface area contributed by atoms with Gasteiger partial charge in [-0.2, -0.15) is 13.2 Å². The zero-order valence-corrected chi connectivity index (χ0v) is 11.3. The second-order valence-electron chi connectivity index (χ2n) is 5.48. The van der Waals surface area contributed by atoms with Crippen molar-refractivity contribution in [1.29, 1.82) is 0 Å². The van der Waals surface area contributed by atoms with Crippen LogP contribution in [0.3, 0.4) is 0 Å². The molecule has 0 radical (unpaired) electrons. The van der Waals surface area contributed by atoms with E-state index in [-0.39, 0.29) is 0 Å². The molecule has 0 atom stereocenters. The van der Waals surface area contributed by atoms with Gasteiger partial charge in [-0.25, -0.2) is 0 Å². The van der Waals surface area contributed by atoms with Gasteiger partial charge in [0, 0.05) is 0 Å². The van der Waals surface area contributed by atoms with Crippen LogP contribution in [0, 0.1) is 6.92 Å². The van der Waals surface area contributed by atoms with Crippen LogP contribution in [-0.4, -0.2) is 11.1 Å². The van der Waals surface area contributed by atoms with Crippen molar-refractivity contribution in [2.75, 3.05) is 0 Å². The maximum atomic E-state index is 12.7. The van der Waals surface area contributed by atoms with E-state index < -0.39 is 23.1 Å². The van der Waals surface area contributed by atoms with E-state index >= 15 is 0 Å². The summed E-state index contributed by atoms with van der Waals surface area (Å²) in [7, 11) is 0. The Hall–Kier alpha value is -1.52. The van der Waals surface area contributed by atoms with E-state index in [1.165, 1.54) is 6.07 Å². The fourth-order valence-electron chi connectivity index (χ4n) is 3.13. The van der Waals surface area contributed by atoms with Gasteiger partial charge in [-0.05, 0) is 43.0 Å². The zero-order chi connectivity index (χ0) is 15.0. The minimum atomic E-state index is -4.40. The van der Waals surface area contributed by atoms with Gasteiger partial charge >= 0.3 is 12.1 Å². The highest BCUT2D eigenvalue weighted by Crippen LogP contribution is 2.42. The van der Waals surface area contributed by atoms with Crippen LogP contribution in [0.2, 0.25) is 0 Å². The van der Waals surface area contributed by atoms with Crippen molar-refractivity contribution in [3.8, 4) is 0 Å². The lowest BCUT2D eigenvalue weighted by Crippen LogP contribution is -2.38. The first kappa shape index (κ1) is 14.9. The minimum absolute atomic E-state index is 0.407. The molecule has 0 amide bonds. The van der Waals surface area contributed by atoms with Gasteiger partial charge in [0.15, 0.2) is 0 Å². The van der Waals surface area contributed by atoms with E-state index in [0.29, 0.717) is 24.0 Å². The SMILES string of the molecule is Cc1cc(C(F)(F)F)ccc1C1(C(=O)O)CCCCC1. The van der Waals surface area contributed by atoms with Gasteiger partial charge < -0.3 is 5.11 Å². The number of aryl methyl sites for hydroxylation is 1. The average Bonchev–Trinajstić information content (AvgIpc) is 2.38. The Kier molecular flexibility index (Phi) is 3.80. The molecule has 0 saturated heterocycles. The van der Waals surface area contributed by atoms with Gasteiger partial charge in [0.25, 0.3) is 0 Å². The summed E-state index contributed by atoms with van der Waals surface area (Å²) in [5.41, 5.74) is -0.816. The first-order valence-electron chi connectivity index (χ1n) is 6.69. The van der Waals surface area contributed by atoms with Crippen LogP contribution in [0.25, 0.3) is 0 Å². The van der Waals surface area contributed by atoms with E-state index in [1.807, 2.05) is 0 Å². The van der Waals surface area contributed by atoms with Crippen molar-refractivity contribution in [2.45, 2.75) is 50.6 Å². The molecule has 1 aromatic rings. The fourth-order valence-corrected chi connectivity index (χ4v) is 3.13. The molecule has 1 fully saturated rings. The Morgan fingerprint density at radius 1 is 1.20 bits per heavy atom. The van der Waals surface area contributed by atoms with Crippen LogP contribution >= 0.6 is 0 Å². The number of carbonyl (C=O) groups is 1. The lowest BCUT2D eigenvalue weighted by molar-refractivity contribution is -0.145. The molecule has 1 aliphatic carbocycles. The molecule has 5 heteroatoms. The summed E-state index contributed by atoms with van der Waals surface area (Å²) in [6, 6.07) is 3.38. The predicted octanol–water partition coefficient (Wildman–Crippen LogP) is 4.30. The van der Waals surface area contributed by atoms with Crippen LogP contribution in [-0.2, 0) is 16.4 Å². The summed E-state index contributed by atoms with van der Waals surface area (Å²) in [6.07, 6.45) is -0.830. The van der Waals surface area contributed by atoms with Crippen LogP contribution < -0.4 is 0 Å². The van der Waals surface area contributed by atoms with Gasteiger partial charge in [-0.3, -0.25) is 4.79 Å². The van der Waals surface area contributed by atoms with Crippen LogP contribution in [0.1, 0.15) is 48.8 Å². The van der Waals surface area contributed by atoms with Gasteiger partial charge in [0.2, 0.25) is 0 Å². The Balaban J connectivity index is 2.48. The largest absolute Gasteiger partial charge is 0.481 e. The number of carboxylic acid groups (broad SMARTS) is 1. The molecule has 0 unspecified atom stereocenters. The van der Waals surface area contributed by atoms with E-state index in [2.05, 4.69) is 0 Å². The van der Waals surface area contributed by atoms with Crippen molar-refractivity contribution in [3.63, 3.8) is 0 Å². The van der Waals surface area contributed by atoms with Crippen LogP contribution in [0.4, 0.5) is 13.2 Å². The molecular formula is C15H17F3O2. The van der Waals surface area contributed by atoms with Crippen molar-refractivity contribution in [1.82, 2.24) is 0 Å². The third kappa shape index (κ3) is 2.53. The van der Waals surface area contributed by atoms with Gasteiger partial charge in [-0.15, -0.1) is 0 Å². The van der Waals surface area contributed by atoms with Crippen LogP contribution in [0.15, 0.2) is 18.2 Å². The van der Waals surface area contributed by atoms with Gasteiger partial charge in [-0.1, -0.05) is 25.3 Å². The Morgan fingerprint density at radius 3 is 2.25 bits per heavy atom. The number of carboxylic acids is 1. The molecule has 1 saturated carbocycles. The highest BCUT2D eigenvalue weighted by Gasteiger charge is 2.42. The smallest absolute Gasteiger partial charge is 0.416 e. The second-order valence-corrected chi connectivity index (χ2v) is 5.48. The summed E-state index contributed by atoms with van der Waals surface area (Å²) in [5, 5.41) is 9.57. The summed E-state index contributed by atoms with van der Waals surface area (Å²) in [6.45, 7) is 1.56. The first-order valence-corrected chi connectivity index (χ1v) is 6.69. The number of aliphatic carboxylic acids is 1. The lowest BCUT2D eigenvalue weighted by atomic mass is 9.68. The first-order chi connectivity index (χ1) is 9.27. The molecule has 20 heavy (non-hydrogen) atoms. The third-order valence-electron chi connectivity index (χ3n) is 4.19. The number of alkyl halides is 3.